The van der Waals surface area contributed by atoms with Gasteiger partial charge in [-0.15, -0.1) is 0 Å². The largest absolute Gasteiger partial charge is 0.416 e. The molecule has 0 aliphatic heterocycles. The minimum Gasteiger partial charge on any atom is -0.383 e. The summed E-state index contributed by atoms with van der Waals surface area (Å²) in [6.45, 7) is 2.07. The fourth-order valence-corrected chi connectivity index (χ4v) is 6.25. The molecule has 0 saturated carbocycles. The Morgan fingerprint density at radius 1 is 1.05 bits per heavy atom. The molecule has 0 fully saturated rings. The molecule has 7 nitrogen and oxygen atoms in total. The van der Waals surface area contributed by atoms with Gasteiger partial charge in [-0.05, 0) is 59.7 Å². The normalized spacial score (nSPS) is 16.1. The molecule has 1 aliphatic carbocycles. The number of benzene rings is 3. The summed E-state index contributed by atoms with van der Waals surface area (Å²) in [5.74, 6) is -0.367. The summed E-state index contributed by atoms with van der Waals surface area (Å²) >= 11 is 0. The lowest BCUT2D eigenvalue weighted by Gasteiger charge is -2.28. The van der Waals surface area contributed by atoms with Crippen molar-refractivity contribution >= 4 is 15.9 Å². The summed E-state index contributed by atoms with van der Waals surface area (Å²) in [4.78, 5) is 12.7. The van der Waals surface area contributed by atoms with E-state index in [1.54, 1.807) is 37.4 Å². The van der Waals surface area contributed by atoms with Crippen LogP contribution in [0.3, 0.4) is 0 Å². The van der Waals surface area contributed by atoms with Crippen LogP contribution in [0.1, 0.15) is 59.2 Å². The molecule has 0 unspecified atom stereocenters. The number of ether oxygens (including phenoxy) is 1. The van der Waals surface area contributed by atoms with Crippen molar-refractivity contribution < 1.29 is 31.1 Å². The van der Waals surface area contributed by atoms with Crippen molar-refractivity contribution in [2.24, 2.45) is 0 Å². The highest BCUT2D eigenvalue weighted by Crippen LogP contribution is 2.32. The van der Waals surface area contributed by atoms with E-state index in [1.807, 2.05) is 12.1 Å². The van der Waals surface area contributed by atoms with E-state index in [-0.39, 0.29) is 18.4 Å². The minimum atomic E-state index is -4.69. The molecule has 0 bridgehead atoms. The van der Waals surface area contributed by atoms with Crippen molar-refractivity contribution in [1.82, 2.24) is 15.4 Å². The van der Waals surface area contributed by atoms with E-state index in [9.17, 15) is 26.4 Å². The number of hydrogen-bond donors (Lipinski definition) is 3. The number of fused-ring (bicyclic) bond motifs is 1. The highest BCUT2D eigenvalue weighted by atomic mass is 32.2. The van der Waals surface area contributed by atoms with Gasteiger partial charge in [0.1, 0.15) is 0 Å². The first-order valence-electron chi connectivity index (χ1n) is 13.4. The molecule has 2 atom stereocenters. The maximum Gasteiger partial charge on any atom is 0.416 e. The fraction of sp³-hybridized carbons (Fsp3) is 0.367. The van der Waals surface area contributed by atoms with Gasteiger partial charge >= 0.3 is 6.18 Å². The van der Waals surface area contributed by atoms with Crippen LogP contribution in [0.15, 0.2) is 77.7 Å². The maximum absolute atomic E-state index is 13.3. The van der Waals surface area contributed by atoms with Gasteiger partial charge in [-0.2, -0.15) is 13.2 Å². The molecule has 3 aromatic rings. The number of hydrogen-bond acceptors (Lipinski definition) is 5. The van der Waals surface area contributed by atoms with Crippen molar-refractivity contribution in [3.8, 4) is 0 Å². The SMILES string of the molecule is COCCNCc1ccc2c(c1)CCC[C@H]2NC(=O)C[C@@H](NS(=O)(=O)c1cccc(C(F)(F)F)c1)c1ccccc1. The van der Waals surface area contributed by atoms with Crippen molar-refractivity contribution in [3.05, 3.63) is 101 Å². The van der Waals surface area contributed by atoms with Crippen molar-refractivity contribution in [3.63, 3.8) is 0 Å². The van der Waals surface area contributed by atoms with E-state index in [4.69, 9.17) is 4.74 Å². The average Bonchev–Trinajstić information content (AvgIpc) is 2.95. The molecule has 3 aromatic carbocycles. The van der Waals surface area contributed by atoms with Crippen molar-refractivity contribution in [2.75, 3.05) is 20.3 Å². The van der Waals surface area contributed by atoms with E-state index in [1.165, 1.54) is 0 Å². The van der Waals surface area contributed by atoms with Gasteiger partial charge < -0.3 is 15.4 Å². The smallest absolute Gasteiger partial charge is 0.383 e. The molecule has 3 N–H and O–H groups in total. The van der Waals surface area contributed by atoms with Crippen molar-refractivity contribution in [2.45, 2.75) is 55.4 Å². The number of carbonyl (C=O) groups is 1. The standard InChI is InChI=1S/C30H34F3N3O4S/c1-40-16-15-34-20-21-13-14-26-23(17-21)9-5-12-27(26)35-29(37)19-28(22-7-3-2-4-8-22)36-41(38,39)25-11-6-10-24(18-25)30(31,32)33/h2-4,6-8,10-11,13-14,17-18,27-28,34,36H,5,9,12,15-16,19-20H2,1H3,(H,35,37)/t27-,28-/m1/s1. The summed E-state index contributed by atoms with van der Waals surface area (Å²) in [5.41, 5.74) is 2.79. The van der Waals surface area contributed by atoms with Gasteiger partial charge in [-0.25, -0.2) is 13.1 Å². The summed E-state index contributed by atoms with van der Waals surface area (Å²) in [6, 6.07) is 17.0. The zero-order valence-electron chi connectivity index (χ0n) is 22.7. The molecule has 1 amide bonds. The van der Waals surface area contributed by atoms with Gasteiger partial charge in [-0.1, -0.05) is 54.6 Å². The second-order valence-electron chi connectivity index (χ2n) is 10.0. The van der Waals surface area contributed by atoms with Gasteiger partial charge in [0.25, 0.3) is 0 Å². The minimum absolute atomic E-state index is 0.224. The Bertz CT molecular complexity index is 1430. The maximum atomic E-state index is 13.3. The highest BCUT2D eigenvalue weighted by molar-refractivity contribution is 7.89. The molecule has 4 rings (SSSR count). The second kappa shape index (κ2) is 13.6. The molecule has 0 saturated heterocycles. The van der Waals surface area contributed by atoms with Crippen LogP contribution in [-0.4, -0.2) is 34.6 Å². The number of carbonyl (C=O) groups excluding carboxylic acids is 1. The zero-order chi connectivity index (χ0) is 29.5. The fourth-order valence-electron chi connectivity index (χ4n) is 4.98. The summed E-state index contributed by atoms with van der Waals surface area (Å²) < 4.78 is 73.5. The molecule has 220 valence electrons. The van der Waals surface area contributed by atoms with E-state index in [0.717, 1.165) is 60.7 Å². The van der Waals surface area contributed by atoms with E-state index in [2.05, 4.69) is 21.4 Å². The molecule has 41 heavy (non-hydrogen) atoms. The predicted octanol–water partition coefficient (Wildman–Crippen LogP) is 5.04. The number of halogens is 3. The number of methoxy groups -OCH3 is 1. The number of alkyl halides is 3. The Labute approximate surface area is 238 Å². The van der Waals surface area contributed by atoms with Crippen LogP contribution >= 0.6 is 0 Å². The first kappa shape index (κ1) is 30.7. The van der Waals surface area contributed by atoms with Crippen LogP contribution in [0, 0.1) is 0 Å². The summed E-state index contributed by atoms with van der Waals surface area (Å²) in [5, 5.41) is 6.38. The molecule has 0 spiro atoms. The third-order valence-electron chi connectivity index (χ3n) is 7.03. The lowest BCUT2D eigenvalue weighted by Crippen LogP contribution is -2.36. The van der Waals surface area contributed by atoms with Gasteiger partial charge in [0.05, 0.1) is 29.1 Å². The summed E-state index contributed by atoms with van der Waals surface area (Å²) in [7, 11) is -2.72. The third-order valence-corrected chi connectivity index (χ3v) is 8.50. The van der Waals surface area contributed by atoms with Crippen LogP contribution in [0.5, 0.6) is 0 Å². The molecule has 0 aromatic heterocycles. The Morgan fingerprint density at radius 2 is 1.83 bits per heavy atom. The van der Waals surface area contributed by atoms with Crippen LogP contribution in [-0.2, 0) is 38.7 Å². The van der Waals surface area contributed by atoms with E-state index >= 15 is 0 Å². The number of nitrogens with one attached hydrogen (secondary N) is 3. The molecule has 0 heterocycles. The molecule has 0 radical (unpaired) electrons. The Hall–Kier alpha value is -3.25. The Morgan fingerprint density at radius 3 is 2.56 bits per heavy atom. The van der Waals surface area contributed by atoms with Crippen LogP contribution in [0.25, 0.3) is 0 Å². The topological polar surface area (TPSA) is 96.5 Å². The lowest BCUT2D eigenvalue weighted by atomic mass is 9.86. The molecule has 11 heteroatoms. The summed E-state index contributed by atoms with van der Waals surface area (Å²) in [6.07, 6.45) is -2.38. The molecular formula is C30H34F3N3O4S. The van der Waals surface area contributed by atoms with Crippen LogP contribution in [0.4, 0.5) is 13.2 Å². The van der Waals surface area contributed by atoms with Crippen molar-refractivity contribution in [1.29, 1.82) is 0 Å². The van der Waals surface area contributed by atoms with E-state index < -0.39 is 32.7 Å². The first-order valence-corrected chi connectivity index (χ1v) is 14.9. The van der Waals surface area contributed by atoms with Gasteiger partial charge in [-0.3, -0.25) is 4.79 Å². The molecular weight excluding hydrogens is 555 g/mol. The molecule has 1 aliphatic rings. The van der Waals surface area contributed by atoms with E-state index in [0.29, 0.717) is 24.8 Å². The van der Waals surface area contributed by atoms with Gasteiger partial charge in [0.15, 0.2) is 0 Å². The number of sulfonamides is 1. The monoisotopic (exact) mass is 589 g/mol. The first-order chi connectivity index (χ1) is 19.6. The van der Waals surface area contributed by atoms with Gasteiger partial charge in [0, 0.05) is 26.6 Å². The number of aryl methyl sites for hydroxylation is 1. The van der Waals surface area contributed by atoms with Crippen LogP contribution < -0.4 is 15.4 Å². The number of rotatable bonds is 12. The highest BCUT2D eigenvalue weighted by Gasteiger charge is 2.32. The zero-order valence-corrected chi connectivity index (χ0v) is 23.5. The quantitative estimate of drug-likeness (QED) is 0.257. The Kier molecular flexibility index (Phi) is 10.2. The number of amides is 1. The third kappa shape index (κ3) is 8.38. The second-order valence-corrected chi connectivity index (χ2v) is 11.7. The average molecular weight is 590 g/mol. The van der Waals surface area contributed by atoms with Gasteiger partial charge in [0.2, 0.25) is 15.9 Å². The van der Waals surface area contributed by atoms with Crippen LogP contribution in [0.2, 0.25) is 0 Å². The predicted molar refractivity (Wildman–Crippen MR) is 149 cm³/mol. The Balaban J connectivity index is 1.49. The lowest BCUT2D eigenvalue weighted by molar-refractivity contribution is -0.137.